The normalized spacial score (nSPS) is 16.5. The quantitative estimate of drug-likeness (QED) is 0.458. The molecule has 14 nitrogen and oxygen atoms in total. The number of carbonyl (C=O) groups is 2. The minimum atomic E-state index is -4.56. The number of alkyl halides is 3. The molecule has 5 heterocycles. The van der Waals surface area contributed by atoms with E-state index in [1.54, 1.807) is 30.6 Å². The molecule has 43 heavy (non-hydrogen) atoms. The van der Waals surface area contributed by atoms with Crippen LogP contribution in [-0.2, 0) is 20.8 Å². The van der Waals surface area contributed by atoms with Crippen molar-refractivity contribution in [2.75, 3.05) is 67.6 Å². The first-order valence-electron chi connectivity index (χ1n) is 13.8. The van der Waals surface area contributed by atoms with Crippen molar-refractivity contribution in [3.05, 3.63) is 12.4 Å². The maximum Gasteiger partial charge on any atom is 0.414 e. The van der Waals surface area contributed by atoms with Crippen LogP contribution in [0.25, 0.3) is 22.6 Å². The van der Waals surface area contributed by atoms with Gasteiger partial charge in [0.2, 0.25) is 17.8 Å². The molecule has 0 radical (unpaired) electrons. The molecule has 17 heteroatoms. The summed E-state index contributed by atoms with van der Waals surface area (Å²) in [6.45, 7) is 8.39. The van der Waals surface area contributed by atoms with Gasteiger partial charge in [0, 0.05) is 58.6 Å². The largest absolute Gasteiger partial charge is 0.444 e. The molecule has 3 aromatic heterocycles. The average Bonchev–Trinajstić information content (AvgIpc) is 3.29. The van der Waals surface area contributed by atoms with E-state index >= 15 is 0 Å². The highest BCUT2D eigenvalue weighted by Crippen LogP contribution is 2.33. The molecule has 0 bridgehead atoms. The van der Waals surface area contributed by atoms with Gasteiger partial charge in [-0.15, -0.1) is 0 Å². The fraction of sp³-hybridized carbons (Fsp3) is 0.577. The summed E-state index contributed by atoms with van der Waals surface area (Å²) < 4.78 is 53.6. The molecule has 0 aromatic carbocycles. The number of amides is 2. The van der Waals surface area contributed by atoms with Crippen molar-refractivity contribution in [3.8, 4) is 11.4 Å². The lowest BCUT2D eigenvalue weighted by Gasteiger charge is -2.35. The number of nitrogens with zero attached hydrogens (tertiary/aromatic N) is 9. The van der Waals surface area contributed by atoms with Gasteiger partial charge in [-0.3, -0.25) is 14.7 Å². The summed E-state index contributed by atoms with van der Waals surface area (Å²) in [6, 6.07) is 0. The second kappa shape index (κ2) is 11.8. The molecule has 2 aliphatic rings. The Balaban J connectivity index is 1.56. The first kappa shape index (κ1) is 30.2. The Bertz CT molecular complexity index is 1480. The van der Waals surface area contributed by atoms with Crippen molar-refractivity contribution in [2.24, 2.45) is 0 Å². The Morgan fingerprint density at radius 3 is 2.19 bits per heavy atom. The number of halogens is 3. The lowest BCUT2D eigenvalue weighted by molar-refractivity contribution is -0.139. The fourth-order valence-electron chi connectivity index (χ4n) is 4.79. The van der Waals surface area contributed by atoms with E-state index < -0.39 is 24.4 Å². The van der Waals surface area contributed by atoms with Gasteiger partial charge < -0.3 is 24.2 Å². The van der Waals surface area contributed by atoms with Gasteiger partial charge in [0.05, 0.1) is 18.8 Å². The molecule has 0 atom stereocenters. The van der Waals surface area contributed by atoms with Gasteiger partial charge in [-0.05, 0) is 20.8 Å². The monoisotopic (exact) mass is 606 g/mol. The Morgan fingerprint density at radius 2 is 1.60 bits per heavy atom. The van der Waals surface area contributed by atoms with Crippen LogP contribution in [0.5, 0.6) is 0 Å². The first-order valence-corrected chi connectivity index (χ1v) is 13.8. The second-order valence-corrected chi connectivity index (χ2v) is 11.2. The molecule has 0 saturated carbocycles. The summed E-state index contributed by atoms with van der Waals surface area (Å²) in [4.78, 5) is 51.4. The van der Waals surface area contributed by atoms with Crippen LogP contribution in [0.1, 0.15) is 27.7 Å². The number of piperazine rings is 1. The van der Waals surface area contributed by atoms with E-state index in [4.69, 9.17) is 14.5 Å². The van der Waals surface area contributed by atoms with Gasteiger partial charge in [-0.25, -0.2) is 29.7 Å². The van der Waals surface area contributed by atoms with Crippen molar-refractivity contribution in [1.29, 1.82) is 0 Å². The molecule has 3 aromatic rings. The Hall–Kier alpha value is -4.28. The molecular formula is C26H33F3N10O4. The lowest BCUT2D eigenvalue weighted by atomic mass is 10.2. The predicted octanol–water partition coefficient (Wildman–Crippen LogP) is 2.70. The first-order chi connectivity index (χ1) is 20.3. The highest BCUT2D eigenvalue weighted by molar-refractivity contribution is 5.88. The van der Waals surface area contributed by atoms with Crippen LogP contribution < -0.4 is 15.1 Å². The zero-order chi connectivity index (χ0) is 30.9. The lowest BCUT2D eigenvalue weighted by Crippen LogP contribution is -2.49. The van der Waals surface area contributed by atoms with Crippen LogP contribution >= 0.6 is 0 Å². The van der Waals surface area contributed by atoms with Crippen molar-refractivity contribution in [2.45, 2.75) is 46.0 Å². The number of aromatic nitrogens is 6. The molecule has 2 fully saturated rings. The molecule has 2 saturated heterocycles. The van der Waals surface area contributed by atoms with Crippen molar-refractivity contribution in [3.63, 3.8) is 0 Å². The SMILES string of the molecule is CC(=O)N1CCN(c2nc3c(N4CCOCC4)nc(-c4cnc(NC(=O)OC(C)(C)C)nc4)nc3n2CC(F)(F)F)CC1. The van der Waals surface area contributed by atoms with Gasteiger partial charge in [0.1, 0.15) is 12.1 Å². The van der Waals surface area contributed by atoms with E-state index in [0.29, 0.717) is 63.9 Å². The summed E-state index contributed by atoms with van der Waals surface area (Å²) in [5.41, 5.74) is -0.170. The van der Waals surface area contributed by atoms with Crippen molar-refractivity contribution in [1.82, 2.24) is 34.4 Å². The van der Waals surface area contributed by atoms with E-state index in [-0.39, 0.29) is 34.8 Å². The topological polar surface area (TPSA) is 144 Å². The summed E-state index contributed by atoms with van der Waals surface area (Å²) in [6.07, 6.45) is -2.56. The number of carbonyl (C=O) groups excluding carboxylic acids is 2. The third kappa shape index (κ3) is 7.21. The number of morpholine rings is 1. The highest BCUT2D eigenvalue weighted by Gasteiger charge is 2.34. The molecule has 0 aliphatic carbocycles. The number of rotatable bonds is 5. The van der Waals surface area contributed by atoms with Crippen LogP contribution in [0.2, 0.25) is 0 Å². The summed E-state index contributed by atoms with van der Waals surface area (Å²) in [7, 11) is 0. The van der Waals surface area contributed by atoms with Crippen LogP contribution in [0.3, 0.4) is 0 Å². The third-order valence-electron chi connectivity index (χ3n) is 6.73. The second-order valence-electron chi connectivity index (χ2n) is 11.2. The Labute approximate surface area is 245 Å². The predicted molar refractivity (Wildman–Crippen MR) is 150 cm³/mol. The summed E-state index contributed by atoms with van der Waals surface area (Å²) in [5.74, 6) is 0.437. The smallest absolute Gasteiger partial charge is 0.414 e. The number of ether oxygens (including phenoxy) is 2. The maximum atomic E-state index is 13.9. The number of hydrogen-bond donors (Lipinski definition) is 1. The zero-order valence-corrected chi connectivity index (χ0v) is 24.3. The number of hydrogen-bond acceptors (Lipinski definition) is 11. The van der Waals surface area contributed by atoms with E-state index in [2.05, 4.69) is 25.3 Å². The number of fused-ring (bicyclic) bond motifs is 1. The van der Waals surface area contributed by atoms with Gasteiger partial charge >= 0.3 is 12.3 Å². The summed E-state index contributed by atoms with van der Waals surface area (Å²) in [5, 5.41) is 2.44. The minimum Gasteiger partial charge on any atom is -0.444 e. The maximum absolute atomic E-state index is 13.9. The van der Waals surface area contributed by atoms with Crippen LogP contribution in [0.15, 0.2) is 12.4 Å². The van der Waals surface area contributed by atoms with Crippen LogP contribution in [0, 0.1) is 0 Å². The highest BCUT2D eigenvalue weighted by atomic mass is 19.4. The Morgan fingerprint density at radius 1 is 0.953 bits per heavy atom. The Kier molecular flexibility index (Phi) is 8.27. The van der Waals surface area contributed by atoms with Crippen LogP contribution in [0.4, 0.5) is 35.7 Å². The van der Waals surface area contributed by atoms with Gasteiger partial charge in [-0.1, -0.05) is 0 Å². The fourth-order valence-corrected chi connectivity index (χ4v) is 4.79. The van der Waals surface area contributed by atoms with E-state index in [0.717, 1.165) is 4.57 Å². The van der Waals surface area contributed by atoms with Crippen molar-refractivity contribution < 1.29 is 32.2 Å². The van der Waals surface area contributed by atoms with Gasteiger partial charge in [-0.2, -0.15) is 13.2 Å². The molecule has 232 valence electrons. The molecule has 0 spiro atoms. The molecule has 1 N–H and O–H groups in total. The molecular weight excluding hydrogens is 573 g/mol. The molecule has 2 aliphatic heterocycles. The molecule has 2 amide bonds. The van der Waals surface area contributed by atoms with E-state index in [9.17, 15) is 22.8 Å². The minimum absolute atomic E-state index is 0.00349. The van der Waals surface area contributed by atoms with E-state index in [1.165, 1.54) is 19.3 Å². The average molecular weight is 607 g/mol. The molecule has 5 rings (SSSR count). The standard InChI is InChI=1S/C26H33F3N10O4/c1-16(40)36-5-7-38(8-6-36)23-32-18-20(37-9-11-42-12-10-37)33-19(34-21(18)39(23)15-26(27,28)29)17-13-30-22(31-14-17)35-24(41)43-25(2,3)4/h13-14H,5-12,15H2,1-4H3,(H,30,31,35,41). The molecule has 0 unspecified atom stereocenters. The zero-order valence-electron chi connectivity index (χ0n) is 24.3. The number of nitrogens with one attached hydrogen (secondary N) is 1. The van der Waals surface area contributed by atoms with Crippen molar-refractivity contribution >= 4 is 40.9 Å². The van der Waals surface area contributed by atoms with Gasteiger partial charge in [0.15, 0.2) is 22.8 Å². The van der Waals surface area contributed by atoms with Crippen LogP contribution in [-0.4, -0.2) is 111 Å². The number of anilines is 3. The van der Waals surface area contributed by atoms with Gasteiger partial charge in [0.25, 0.3) is 0 Å². The number of imidazole rings is 1. The third-order valence-corrected chi connectivity index (χ3v) is 6.73. The van der Waals surface area contributed by atoms with E-state index in [1.807, 2.05) is 4.90 Å². The summed E-state index contributed by atoms with van der Waals surface area (Å²) >= 11 is 0.